The number of phosphoric ester groups is 2. The van der Waals surface area contributed by atoms with Crippen molar-refractivity contribution in [2.75, 3.05) is 39.6 Å². The molecule has 0 rings (SSSR count). The molecule has 0 amide bonds. The highest BCUT2D eigenvalue weighted by molar-refractivity contribution is 7.47. The maximum atomic E-state index is 13.1. The molecule has 4 unspecified atom stereocenters. The number of phosphoric acid groups is 2. The Hall–Kier alpha value is -1.94. The van der Waals surface area contributed by atoms with Crippen LogP contribution in [-0.4, -0.2) is 96.7 Å². The zero-order valence-corrected chi connectivity index (χ0v) is 65.5. The van der Waals surface area contributed by atoms with Crippen LogP contribution in [-0.2, 0) is 65.4 Å². The zero-order chi connectivity index (χ0) is 71.7. The summed E-state index contributed by atoms with van der Waals surface area (Å²) in [5.41, 5.74) is 0. The lowest BCUT2D eigenvalue weighted by atomic mass is 9.99. The fourth-order valence-electron chi connectivity index (χ4n) is 11.8. The number of esters is 4. The first kappa shape index (κ1) is 95.1. The van der Waals surface area contributed by atoms with Crippen LogP contribution in [0, 0.1) is 23.7 Å². The summed E-state index contributed by atoms with van der Waals surface area (Å²) in [5.74, 6) is 1.03. The Kier molecular flexibility index (Phi) is 65.9. The second-order valence-corrected chi connectivity index (χ2v) is 32.4. The van der Waals surface area contributed by atoms with Crippen molar-refractivity contribution in [3.63, 3.8) is 0 Å². The van der Waals surface area contributed by atoms with Gasteiger partial charge in [-0.25, -0.2) is 9.13 Å². The van der Waals surface area contributed by atoms with E-state index in [-0.39, 0.29) is 25.7 Å². The van der Waals surface area contributed by atoms with Gasteiger partial charge in [-0.3, -0.25) is 37.3 Å². The van der Waals surface area contributed by atoms with Gasteiger partial charge in [-0.1, -0.05) is 344 Å². The first-order valence-corrected chi connectivity index (χ1v) is 43.3. The molecule has 17 nitrogen and oxygen atoms in total. The second-order valence-electron chi connectivity index (χ2n) is 29.5. The van der Waals surface area contributed by atoms with Gasteiger partial charge in [0.15, 0.2) is 12.2 Å². The number of carbonyl (C=O) groups excluding carboxylic acids is 4. The molecule has 0 spiro atoms. The second kappa shape index (κ2) is 67.2. The maximum Gasteiger partial charge on any atom is 0.472 e. The minimum absolute atomic E-state index is 0.105. The molecule has 0 saturated heterocycles. The first-order valence-electron chi connectivity index (χ1n) is 40.3. The Morgan fingerprint density at radius 3 is 0.732 bits per heavy atom. The molecule has 0 aromatic heterocycles. The largest absolute Gasteiger partial charge is 0.472 e. The molecular formula is C78H152O17P2. The Morgan fingerprint density at radius 1 is 0.289 bits per heavy atom. The lowest BCUT2D eigenvalue weighted by Crippen LogP contribution is -2.30. The summed E-state index contributed by atoms with van der Waals surface area (Å²) in [6.45, 7) is 14.3. The quantitative estimate of drug-likeness (QED) is 0.0222. The molecule has 0 aromatic carbocycles. The van der Waals surface area contributed by atoms with Crippen molar-refractivity contribution in [2.45, 2.75) is 414 Å². The van der Waals surface area contributed by atoms with Gasteiger partial charge in [0, 0.05) is 25.7 Å². The Balaban J connectivity index is 5.28. The highest BCUT2D eigenvalue weighted by Gasteiger charge is 2.30. The van der Waals surface area contributed by atoms with E-state index in [0.717, 1.165) is 114 Å². The predicted octanol–water partition coefficient (Wildman–Crippen LogP) is 22.8. The van der Waals surface area contributed by atoms with Crippen molar-refractivity contribution in [3.8, 4) is 0 Å². The van der Waals surface area contributed by atoms with Crippen LogP contribution in [0.25, 0.3) is 0 Å². The average molecular weight is 1420 g/mol. The molecule has 576 valence electrons. The van der Waals surface area contributed by atoms with Gasteiger partial charge in [0.2, 0.25) is 0 Å². The molecule has 3 N–H and O–H groups in total. The van der Waals surface area contributed by atoms with Crippen LogP contribution in [0.1, 0.15) is 396 Å². The van der Waals surface area contributed by atoms with Crippen molar-refractivity contribution >= 4 is 39.5 Å². The highest BCUT2D eigenvalue weighted by atomic mass is 31.2. The molecule has 0 aliphatic rings. The number of aliphatic hydroxyl groups is 1. The molecule has 97 heavy (non-hydrogen) atoms. The summed E-state index contributed by atoms with van der Waals surface area (Å²) in [4.78, 5) is 73.0. The van der Waals surface area contributed by atoms with E-state index in [1.54, 1.807) is 0 Å². The number of carbonyl (C=O) groups is 4. The summed E-state index contributed by atoms with van der Waals surface area (Å²) in [5, 5.41) is 10.6. The van der Waals surface area contributed by atoms with Crippen molar-refractivity contribution in [1.82, 2.24) is 0 Å². The van der Waals surface area contributed by atoms with Gasteiger partial charge in [-0.15, -0.1) is 0 Å². The Labute approximate surface area is 594 Å². The van der Waals surface area contributed by atoms with E-state index >= 15 is 0 Å². The molecule has 19 heteroatoms. The molecule has 0 fully saturated rings. The van der Waals surface area contributed by atoms with Crippen LogP contribution in [0.3, 0.4) is 0 Å². The smallest absolute Gasteiger partial charge is 0.462 e. The summed E-state index contributed by atoms with van der Waals surface area (Å²) < 4.78 is 68.7. The third kappa shape index (κ3) is 69.5. The van der Waals surface area contributed by atoms with Crippen molar-refractivity contribution in [1.29, 1.82) is 0 Å². The van der Waals surface area contributed by atoms with Crippen LogP contribution in [0.5, 0.6) is 0 Å². The van der Waals surface area contributed by atoms with Gasteiger partial charge >= 0.3 is 39.5 Å². The van der Waals surface area contributed by atoms with E-state index < -0.39 is 97.5 Å². The van der Waals surface area contributed by atoms with E-state index in [9.17, 15) is 43.2 Å². The fourth-order valence-corrected chi connectivity index (χ4v) is 13.4. The average Bonchev–Trinajstić information content (AvgIpc) is 1.25. The van der Waals surface area contributed by atoms with E-state index in [0.29, 0.717) is 25.7 Å². The first-order chi connectivity index (χ1) is 46.7. The Bertz CT molecular complexity index is 1910. The Morgan fingerprint density at radius 2 is 0.495 bits per heavy atom. The molecule has 0 radical (unpaired) electrons. The number of hydrogen-bond donors (Lipinski definition) is 3. The van der Waals surface area contributed by atoms with Gasteiger partial charge in [0.05, 0.1) is 26.4 Å². The van der Waals surface area contributed by atoms with Gasteiger partial charge < -0.3 is 33.8 Å². The van der Waals surface area contributed by atoms with Gasteiger partial charge in [0.25, 0.3) is 0 Å². The maximum absolute atomic E-state index is 13.1. The molecule has 0 aromatic rings. The van der Waals surface area contributed by atoms with E-state index in [1.165, 1.54) is 199 Å². The van der Waals surface area contributed by atoms with E-state index in [1.807, 2.05) is 0 Å². The summed E-state index contributed by atoms with van der Waals surface area (Å²) in [7, 11) is -9.92. The topological polar surface area (TPSA) is 237 Å². The van der Waals surface area contributed by atoms with E-state index in [2.05, 4.69) is 55.4 Å². The van der Waals surface area contributed by atoms with Crippen LogP contribution >= 0.6 is 15.6 Å². The number of rotatable bonds is 75. The number of ether oxygens (including phenoxy) is 4. The minimum Gasteiger partial charge on any atom is -0.462 e. The van der Waals surface area contributed by atoms with Crippen LogP contribution in [0.2, 0.25) is 0 Å². The van der Waals surface area contributed by atoms with Crippen LogP contribution < -0.4 is 0 Å². The fraction of sp³-hybridized carbons (Fsp3) is 0.949. The summed E-state index contributed by atoms with van der Waals surface area (Å²) >= 11 is 0. The standard InChI is InChI=1S/C78H152O17P2/c1-9-70(7)56-48-40-32-24-20-21-27-37-45-53-61-78(83)95-74(65-89-76(81)59-51-43-35-29-28-33-41-49-57-71(8)10-2)67-93-97(86,87)91-63-72(79)62-90-96(84,85)92-66-73(64-88-75(80)58-50-42-34-25-18-15-14-17-23-31-39-47-55-69(5)6)94-77(82)60-52-44-36-26-19-13-11-12-16-22-30-38-46-54-68(3)4/h68-74,79H,9-67H2,1-8H3,(H,84,85)(H,86,87)/t70?,71?,72-,73-,74-/m1/s1. The van der Waals surface area contributed by atoms with Crippen LogP contribution in [0.15, 0.2) is 0 Å². The predicted molar refractivity (Wildman–Crippen MR) is 395 cm³/mol. The molecule has 0 heterocycles. The minimum atomic E-state index is -4.96. The SMILES string of the molecule is CCC(C)CCCCCCCCCCCCC(=O)O[C@H](COC(=O)CCCCCCCCCCC(C)CC)COP(=O)(O)OC[C@H](O)COP(=O)(O)OC[C@@H](COC(=O)CCCCCCCCCCCCCCC(C)C)OC(=O)CCCCCCCCCCCCCCCC(C)C. The number of aliphatic hydroxyl groups excluding tert-OH is 1. The molecule has 0 aliphatic heterocycles. The van der Waals surface area contributed by atoms with Crippen LogP contribution in [0.4, 0.5) is 0 Å². The van der Waals surface area contributed by atoms with E-state index in [4.69, 9.17) is 37.0 Å². The lowest BCUT2D eigenvalue weighted by molar-refractivity contribution is -0.161. The summed E-state index contributed by atoms with van der Waals surface area (Å²) in [6, 6.07) is 0. The zero-order valence-electron chi connectivity index (χ0n) is 63.7. The van der Waals surface area contributed by atoms with Crippen molar-refractivity contribution in [2.24, 2.45) is 23.7 Å². The molecule has 0 saturated carbocycles. The van der Waals surface area contributed by atoms with Gasteiger partial charge in [0.1, 0.15) is 19.3 Å². The van der Waals surface area contributed by atoms with Crippen molar-refractivity contribution in [3.05, 3.63) is 0 Å². The number of hydrogen-bond acceptors (Lipinski definition) is 15. The summed E-state index contributed by atoms with van der Waals surface area (Å²) in [6.07, 6.45) is 52.5. The number of unbranched alkanes of at least 4 members (excludes halogenated alkanes) is 39. The molecule has 0 bridgehead atoms. The molecule has 7 atom stereocenters. The third-order valence-electron chi connectivity index (χ3n) is 18.8. The molecular weight excluding hydrogens is 1270 g/mol. The van der Waals surface area contributed by atoms with Crippen molar-refractivity contribution < 1.29 is 80.2 Å². The third-order valence-corrected chi connectivity index (χ3v) is 20.7. The normalized spacial score (nSPS) is 14.6. The highest BCUT2D eigenvalue weighted by Crippen LogP contribution is 2.45. The lowest BCUT2D eigenvalue weighted by Gasteiger charge is -2.21. The monoisotopic (exact) mass is 1420 g/mol. The van der Waals surface area contributed by atoms with Gasteiger partial charge in [-0.2, -0.15) is 0 Å². The van der Waals surface area contributed by atoms with Gasteiger partial charge in [-0.05, 0) is 49.4 Å². The molecule has 0 aliphatic carbocycles.